The van der Waals surface area contributed by atoms with Crippen LogP contribution in [0.2, 0.25) is 0 Å². The van der Waals surface area contributed by atoms with Gasteiger partial charge in [-0.3, -0.25) is 4.79 Å². The second-order valence-corrected chi connectivity index (χ2v) is 6.00. The molecule has 0 aliphatic heterocycles. The number of carbonyl (C=O) groups is 1. The molecule has 0 heterocycles. The van der Waals surface area contributed by atoms with Gasteiger partial charge in [-0.15, -0.1) is 0 Å². The largest absolute Gasteiger partial charge is 0.390 e. The first-order valence-corrected chi connectivity index (χ1v) is 6.43. The van der Waals surface area contributed by atoms with E-state index in [1.165, 1.54) is 11.1 Å². The van der Waals surface area contributed by atoms with Gasteiger partial charge in [-0.25, -0.2) is 0 Å². The summed E-state index contributed by atoms with van der Waals surface area (Å²) in [5.74, 6) is 0.402. The Morgan fingerprint density at radius 2 is 2.06 bits per heavy atom. The molecule has 2 heteroatoms. The Balaban J connectivity index is 2.46. The van der Waals surface area contributed by atoms with E-state index in [1.54, 1.807) is 0 Å². The lowest BCUT2D eigenvalue weighted by molar-refractivity contribution is -0.115. The van der Waals surface area contributed by atoms with Gasteiger partial charge >= 0.3 is 0 Å². The fraction of sp³-hybridized carbons (Fsp3) is 0.667. The van der Waals surface area contributed by atoms with E-state index in [9.17, 15) is 9.90 Å². The topological polar surface area (TPSA) is 37.3 Å². The molecule has 0 amide bonds. The van der Waals surface area contributed by atoms with Crippen molar-refractivity contribution in [2.45, 2.75) is 59.0 Å². The van der Waals surface area contributed by atoms with Crippen molar-refractivity contribution >= 4 is 5.78 Å². The highest BCUT2D eigenvalue weighted by Gasteiger charge is 2.43. The molecule has 0 bridgehead atoms. The summed E-state index contributed by atoms with van der Waals surface area (Å²) < 4.78 is 0. The summed E-state index contributed by atoms with van der Waals surface area (Å²) in [6.45, 7) is 7.96. The van der Waals surface area contributed by atoms with Gasteiger partial charge in [0, 0.05) is 12.3 Å². The lowest BCUT2D eigenvalue weighted by atomic mass is 9.84. The molecule has 2 rings (SSSR count). The quantitative estimate of drug-likeness (QED) is 0.516. The maximum atomic E-state index is 12.1. The van der Waals surface area contributed by atoms with Gasteiger partial charge in [0.15, 0.2) is 5.78 Å². The van der Waals surface area contributed by atoms with Crippen LogP contribution in [0.4, 0.5) is 0 Å². The number of hydrogen-bond donors (Lipinski definition) is 1. The van der Waals surface area contributed by atoms with E-state index in [0.29, 0.717) is 6.42 Å². The number of ketones is 1. The van der Waals surface area contributed by atoms with Crippen molar-refractivity contribution in [2.24, 2.45) is 5.92 Å². The molecular formula is C15H22O2. The molecule has 0 unspecified atom stereocenters. The zero-order valence-corrected chi connectivity index (χ0v) is 11.3. The molecule has 1 fully saturated rings. The van der Waals surface area contributed by atoms with Crippen LogP contribution in [0.15, 0.2) is 22.3 Å². The standard InChI is InChI=1S/C15H22O2/c1-9(2)12-8-13-11(5-6-15(13,4)17)10(3)7-14(12)16/h13,17H,5-8H2,1-4H3/t13-,15-/m0/s1. The predicted octanol–water partition coefficient (Wildman–Crippen LogP) is 3.16. The van der Waals surface area contributed by atoms with Gasteiger partial charge in [-0.05, 0) is 52.5 Å². The Morgan fingerprint density at radius 1 is 1.41 bits per heavy atom. The molecule has 94 valence electrons. The third-order valence-electron chi connectivity index (χ3n) is 4.39. The van der Waals surface area contributed by atoms with Crippen LogP contribution >= 0.6 is 0 Å². The van der Waals surface area contributed by atoms with E-state index in [2.05, 4.69) is 6.92 Å². The van der Waals surface area contributed by atoms with Crippen LogP contribution in [0.3, 0.4) is 0 Å². The maximum absolute atomic E-state index is 12.1. The molecule has 0 aromatic carbocycles. The molecule has 2 atom stereocenters. The van der Waals surface area contributed by atoms with Crippen molar-refractivity contribution in [3.05, 3.63) is 22.3 Å². The Bertz CT molecular complexity index is 420. The fourth-order valence-corrected chi connectivity index (χ4v) is 3.23. The van der Waals surface area contributed by atoms with Gasteiger partial charge in [0.2, 0.25) is 0 Å². The summed E-state index contributed by atoms with van der Waals surface area (Å²) >= 11 is 0. The average Bonchev–Trinajstić information content (AvgIpc) is 2.41. The Hall–Kier alpha value is -0.890. The lowest BCUT2D eigenvalue weighted by Gasteiger charge is -2.26. The van der Waals surface area contributed by atoms with E-state index in [0.717, 1.165) is 30.4 Å². The summed E-state index contributed by atoms with van der Waals surface area (Å²) in [6, 6.07) is 0. The van der Waals surface area contributed by atoms with Crippen LogP contribution in [-0.2, 0) is 4.79 Å². The number of hydrogen-bond acceptors (Lipinski definition) is 2. The van der Waals surface area contributed by atoms with Crippen molar-refractivity contribution in [1.82, 2.24) is 0 Å². The SMILES string of the molecule is CC(C)=C1C[C@H]2C(=C(C)CC1=O)CC[C@]2(C)O. The average molecular weight is 234 g/mol. The molecule has 2 nitrogen and oxygen atoms in total. The number of Topliss-reactive ketones (excluding diaryl/α,β-unsaturated/α-hetero) is 1. The van der Waals surface area contributed by atoms with E-state index in [-0.39, 0.29) is 11.7 Å². The summed E-state index contributed by atoms with van der Waals surface area (Å²) in [7, 11) is 0. The Labute approximate surface area is 103 Å². The number of aliphatic hydroxyl groups is 1. The minimum atomic E-state index is -0.637. The summed E-state index contributed by atoms with van der Waals surface area (Å²) in [4.78, 5) is 12.1. The monoisotopic (exact) mass is 234 g/mol. The predicted molar refractivity (Wildman–Crippen MR) is 68.7 cm³/mol. The molecule has 0 radical (unpaired) electrons. The van der Waals surface area contributed by atoms with Crippen LogP contribution < -0.4 is 0 Å². The van der Waals surface area contributed by atoms with Gasteiger partial charge in [-0.1, -0.05) is 16.7 Å². The zero-order valence-electron chi connectivity index (χ0n) is 11.3. The smallest absolute Gasteiger partial charge is 0.162 e. The van der Waals surface area contributed by atoms with Crippen LogP contribution in [0, 0.1) is 5.92 Å². The third-order valence-corrected chi connectivity index (χ3v) is 4.39. The van der Waals surface area contributed by atoms with Crippen molar-refractivity contribution < 1.29 is 9.90 Å². The minimum Gasteiger partial charge on any atom is -0.390 e. The summed E-state index contributed by atoms with van der Waals surface area (Å²) in [5, 5.41) is 10.5. The lowest BCUT2D eigenvalue weighted by Crippen LogP contribution is -2.30. The number of rotatable bonds is 0. The van der Waals surface area contributed by atoms with E-state index in [1.807, 2.05) is 20.8 Å². The van der Waals surface area contributed by atoms with Gasteiger partial charge in [0.05, 0.1) is 5.60 Å². The number of allylic oxidation sites excluding steroid dienone is 3. The summed E-state index contributed by atoms with van der Waals surface area (Å²) in [5.41, 5.74) is 3.92. The van der Waals surface area contributed by atoms with Gasteiger partial charge in [0.25, 0.3) is 0 Å². The van der Waals surface area contributed by atoms with Gasteiger partial charge in [0.1, 0.15) is 0 Å². The van der Waals surface area contributed by atoms with Crippen molar-refractivity contribution in [3.8, 4) is 0 Å². The third kappa shape index (κ3) is 2.11. The molecule has 17 heavy (non-hydrogen) atoms. The van der Waals surface area contributed by atoms with Crippen molar-refractivity contribution in [3.63, 3.8) is 0 Å². The van der Waals surface area contributed by atoms with Crippen LogP contribution in [0.25, 0.3) is 0 Å². The van der Waals surface area contributed by atoms with Crippen molar-refractivity contribution in [2.75, 3.05) is 0 Å². The molecular weight excluding hydrogens is 212 g/mol. The normalized spacial score (nSPS) is 33.8. The molecule has 0 saturated heterocycles. The minimum absolute atomic E-state index is 0.152. The maximum Gasteiger partial charge on any atom is 0.162 e. The van der Waals surface area contributed by atoms with Gasteiger partial charge < -0.3 is 5.11 Å². The zero-order chi connectivity index (χ0) is 12.8. The Morgan fingerprint density at radius 3 is 2.65 bits per heavy atom. The molecule has 1 N–H and O–H groups in total. The summed E-state index contributed by atoms with van der Waals surface area (Å²) in [6.07, 6.45) is 3.05. The molecule has 2 aliphatic rings. The highest BCUT2D eigenvalue weighted by atomic mass is 16.3. The van der Waals surface area contributed by atoms with E-state index in [4.69, 9.17) is 0 Å². The van der Waals surface area contributed by atoms with E-state index < -0.39 is 5.60 Å². The van der Waals surface area contributed by atoms with E-state index >= 15 is 0 Å². The Kier molecular flexibility index (Phi) is 3.03. The van der Waals surface area contributed by atoms with Crippen LogP contribution in [-0.4, -0.2) is 16.5 Å². The first kappa shape index (κ1) is 12.6. The van der Waals surface area contributed by atoms with Gasteiger partial charge in [-0.2, -0.15) is 0 Å². The van der Waals surface area contributed by atoms with Crippen LogP contribution in [0.1, 0.15) is 53.4 Å². The second-order valence-electron chi connectivity index (χ2n) is 6.00. The first-order chi connectivity index (χ1) is 7.83. The fourth-order valence-electron chi connectivity index (χ4n) is 3.23. The molecule has 1 saturated carbocycles. The number of fused-ring (bicyclic) bond motifs is 1. The van der Waals surface area contributed by atoms with Crippen molar-refractivity contribution in [1.29, 1.82) is 0 Å². The second kappa shape index (κ2) is 4.09. The highest BCUT2D eigenvalue weighted by molar-refractivity contribution is 5.98. The molecule has 0 aromatic rings. The first-order valence-electron chi connectivity index (χ1n) is 6.43. The molecule has 2 aliphatic carbocycles. The molecule has 0 aromatic heterocycles. The van der Waals surface area contributed by atoms with Crippen LogP contribution in [0.5, 0.6) is 0 Å². The number of carbonyl (C=O) groups excluding carboxylic acids is 1. The molecule has 0 spiro atoms. The highest BCUT2D eigenvalue weighted by Crippen LogP contribution is 2.47.